The highest BCUT2D eigenvalue weighted by Gasteiger charge is 2.05. The van der Waals surface area contributed by atoms with E-state index in [2.05, 4.69) is 32.0 Å². The topological polar surface area (TPSA) is 30.7 Å². The Morgan fingerprint density at radius 3 is 2.65 bits per heavy atom. The van der Waals surface area contributed by atoms with Gasteiger partial charge < -0.3 is 0 Å². The zero-order valence-corrected chi connectivity index (χ0v) is 11.1. The largest absolute Gasteiger partial charge is 0.293 e. The summed E-state index contributed by atoms with van der Waals surface area (Å²) in [4.78, 5) is 9.93. The molecule has 84 valence electrons. The number of nitrogens with zero attached hydrogens (tertiary/aromatic N) is 3. The van der Waals surface area contributed by atoms with Crippen molar-refractivity contribution in [2.24, 2.45) is 0 Å². The lowest BCUT2D eigenvalue weighted by atomic mass is 10.3. The molecule has 3 nitrogen and oxygen atoms in total. The maximum atomic E-state index is 4.54. The third kappa shape index (κ3) is 2.16. The van der Waals surface area contributed by atoms with E-state index >= 15 is 0 Å². The van der Waals surface area contributed by atoms with Crippen LogP contribution in [0.5, 0.6) is 0 Å². The summed E-state index contributed by atoms with van der Waals surface area (Å²) in [6, 6.07) is 9.91. The number of hydrogen-bond acceptors (Lipinski definition) is 3. The molecule has 3 aromatic rings. The average molecular weight is 306 g/mol. The summed E-state index contributed by atoms with van der Waals surface area (Å²) in [6.45, 7) is 0. The van der Waals surface area contributed by atoms with Gasteiger partial charge in [-0.25, -0.2) is 9.97 Å². The fourth-order valence-corrected chi connectivity index (χ4v) is 2.89. The summed E-state index contributed by atoms with van der Waals surface area (Å²) >= 11 is 5.12. The first-order valence-corrected chi connectivity index (χ1v) is 6.66. The number of rotatable bonds is 2. The predicted octanol–water partition coefficient (Wildman–Crippen LogP) is 3.76. The van der Waals surface area contributed by atoms with Crippen molar-refractivity contribution in [3.63, 3.8) is 0 Å². The van der Waals surface area contributed by atoms with Crippen LogP contribution < -0.4 is 0 Å². The summed E-state index contributed by atoms with van der Waals surface area (Å²) in [7, 11) is 0. The van der Waals surface area contributed by atoms with E-state index in [0.717, 1.165) is 14.4 Å². The van der Waals surface area contributed by atoms with E-state index in [1.54, 1.807) is 17.5 Å². The molecule has 0 saturated heterocycles. The van der Waals surface area contributed by atoms with Crippen molar-refractivity contribution in [1.82, 2.24) is 14.5 Å². The molecule has 0 aromatic carbocycles. The molecule has 5 heteroatoms. The quantitative estimate of drug-likeness (QED) is 0.722. The highest BCUT2D eigenvalue weighted by molar-refractivity contribution is 9.11. The Labute approximate surface area is 111 Å². The van der Waals surface area contributed by atoms with E-state index in [1.807, 2.05) is 41.2 Å². The Morgan fingerprint density at radius 2 is 1.94 bits per heavy atom. The van der Waals surface area contributed by atoms with Gasteiger partial charge in [0.1, 0.15) is 0 Å². The molecule has 3 aromatic heterocycles. The van der Waals surface area contributed by atoms with Gasteiger partial charge in [-0.1, -0.05) is 0 Å². The van der Waals surface area contributed by atoms with Crippen molar-refractivity contribution in [2.75, 3.05) is 0 Å². The summed E-state index contributed by atoms with van der Waals surface area (Å²) in [5, 5.41) is 0. The molecule has 0 aliphatic carbocycles. The van der Waals surface area contributed by atoms with Crippen molar-refractivity contribution in [1.29, 1.82) is 0 Å². The first-order chi connectivity index (χ1) is 8.33. The molecule has 3 rings (SSSR count). The fraction of sp³-hybridized carbons (Fsp3) is 0. The molecule has 0 aliphatic heterocycles. The van der Waals surface area contributed by atoms with Crippen molar-refractivity contribution < 1.29 is 0 Å². The molecule has 0 fully saturated rings. The highest BCUT2D eigenvalue weighted by Crippen LogP contribution is 2.29. The van der Waals surface area contributed by atoms with Crippen LogP contribution in [-0.2, 0) is 0 Å². The van der Waals surface area contributed by atoms with Crippen LogP contribution in [0.3, 0.4) is 0 Å². The van der Waals surface area contributed by atoms with E-state index < -0.39 is 0 Å². The summed E-state index contributed by atoms with van der Waals surface area (Å²) in [6.07, 6.45) is 5.65. The van der Waals surface area contributed by atoms with Crippen LogP contribution >= 0.6 is 27.3 Å². The zero-order chi connectivity index (χ0) is 11.7. The second-order valence-electron chi connectivity index (χ2n) is 3.44. The Balaban J connectivity index is 2.05. The monoisotopic (exact) mass is 305 g/mol. The number of hydrogen-bond donors (Lipinski definition) is 0. The van der Waals surface area contributed by atoms with Gasteiger partial charge in [-0.05, 0) is 46.3 Å². The fourth-order valence-electron chi connectivity index (χ4n) is 1.53. The van der Waals surface area contributed by atoms with E-state index in [9.17, 15) is 0 Å². The Morgan fingerprint density at radius 1 is 1.12 bits per heavy atom. The van der Waals surface area contributed by atoms with Gasteiger partial charge in [0.2, 0.25) is 5.95 Å². The van der Waals surface area contributed by atoms with Gasteiger partial charge >= 0.3 is 0 Å². The van der Waals surface area contributed by atoms with Crippen LogP contribution in [0.15, 0.2) is 52.7 Å². The van der Waals surface area contributed by atoms with Crippen LogP contribution in [0.2, 0.25) is 0 Å². The van der Waals surface area contributed by atoms with Crippen molar-refractivity contribution in [3.8, 4) is 16.5 Å². The maximum absolute atomic E-state index is 4.54. The molecule has 0 aliphatic rings. The minimum absolute atomic E-state index is 0.692. The molecule has 0 bridgehead atoms. The smallest absolute Gasteiger partial charge is 0.234 e. The van der Waals surface area contributed by atoms with Crippen molar-refractivity contribution in [2.45, 2.75) is 0 Å². The van der Waals surface area contributed by atoms with Gasteiger partial charge in [0.05, 0.1) is 14.4 Å². The van der Waals surface area contributed by atoms with E-state index in [1.165, 1.54) is 0 Å². The molecule has 0 amide bonds. The summed E-state index contributed by atoms with van der Waals surface area (Å²) in [5.74, 6) is 0.692. The standard InChI is InChI=1S/C12H8BrN3S/c13-11-4-3-10(17-11)9-5-6-14-12(15-9)16-7-1-2-8-16/h1-8H. The number of aromatic nitrogens is 3. The molecule has 0 saturated carbocycles. The molecule has 17 heavy (non-hydrogen) atoms. The third-order valence-electron chi connectivity index (χ3n) is 2.30. The van der Waals surface area contributed by atoms with Crippen LogP contribution in [-0.4, -0.2) is 14.5 Å². The minimum Gasteiger partial charge on any atom is -0.293 e. The second kappa shape index (κ2) is 4.43. The number of thiophene rings is 1. The molecule has 0 radical (unpaired) electrons. The third-order valence-corrected chi connectivity index (χ3v) is 3.95. The Kier molecular flexibility index (Phi) is 2.78. The number of halogens is 1. The normalized spacial score (nSPS) is 10.6. The molecule has 0 spiro atoms. The molecule has 0 N–H and O–H groups in total. The van der Waals surface area contributed by atoms with Crippen LogP contribution in [0.4, 0.5) is 0 Å². The van der Waals surface area contributed by atoms with Gasteiger partial charge in [-0.2, -0.15) is 0 Å². The Bertz CT molecular complexity index is 631. The first kappa shape index (κ1) is 10.7. The molecule has 3 heterocycles. The van der Waals surface area contributed by atoms with Gasteiger partial charge in [0.15, 0.2) is 0 Å². The molecule has 0 atom stereocenters. The molecular formula is C12H8BrN3S. The van der Waals surface area contributed by atoms with E-state index in [0.29, 0.717) is 5.95 Å². The zero-order valence-electron chi connectivity index (χ0n) is 8.75. The SMILES string of the molecule is Brc1ccc(-c2ccnc(-n3cccc3)n2)s1. The lowest BCUT2D eigenvalue weighted by molar-refractivity contribution is 0.939. The van der Waals surface area contributed by atoms with Gasteiger partial charge in [0.25, 0.3) is 0 Å². The molecule has 0 unspecified atom stereocenters. The van der Waals surface area contributed by atoms with Crippen LogP contribution in [0, 0.1) is 0 Å². The van der Waals surface area contributed by atoms with Gasteiger partial charge in [0, 0.05) is 18.6 Å². The highest BCUT2D eigenvalue weighted by atomic mass is 79.9. The van der Waals surface area contributed by atoms with Crippen LogP contribution in [0.25, 0.3) is 16.5 Å². The lowest BCUT2D eigenvalue weighted by Gasteiger charge is -2.02. The van der Waals surface area contributed by atoms with Crippen molar-refractivity contribution in [3.05, 3.63) is 52.7 Å². The van der Waals surface area contributed by atoms with Gasteiger partial charge in [-0.15, -0.1) is 11.3 Å². The first-order valence-electron chi connectivity index (χ1n) is 5.05. The van der Waals surface area contributed by atoms with E-state index in [4.69, 9.17) is 0 Å². The van der Waals surface area contributed by atoms with Crippen molar-refractivity contribution >= 4 is 27.3 Å². The minimum atomic E-state index is 0.692. The summed E-state index contributed by atoms with van der Waals surface area (Å²) < 4.78 is 3.00. The predicted molar refractivity (Wildman–Crippen MR) is 72.4 cm³/mol. The second-order valence-corrected chi connectivity index (χ2v) is 5.90. The van der Waals surface area contributed by atoms with E-state index in [-0.39, 0.29) is 0 Å². The lowest BCUT2D eigenvalue weighted by Crippen LogP contribution is -1.98. The average Bonchev–Trinajstić information content (AvgIpc) is 3.00. The molecular weight excluding hydrogens is 298 g/mol. The van der Waals surface area contributed by atoms with Gasteiger partial charge in [-0.3, -0.25) is 4.57 Å². The summed E-state index contributed by atoms with van der Waals surface area (Å²) in [5.41, 5.74) is 0.944. The van der Waals surface area contributed by atoms with Crippen LogP contribution in [0.1, 0.15) is 0 Å². The maximum Gasteiger partial charge on any atom is 0.234 e. The Hall–Kier alpha value is -1.46.